The molecule has 0 spiro atoms. The number of aromatic amines is 1. The lowest BCUT2D eigenvalue weighted by atomic mass is 9.98. The molecule has 0 unspecified atom stereocenters. The highest BCUT2D eigenvalue weighted by Crippen LogP contribution is 2.41. The number of carbonyl (C=O) groups is 1. The average molecular weight is 430 g/mol. The van der Waals surface area contributed by atoms with Gasteiger partial charge in [-0.2, -0.15) is 13.2 Å². The van der Waals surface area contributed by atoms with E-state index in [0.29, 0.717) is 11.8 Å². The molecule has 146 valence electrons. The molecule has 2 aromatic carbocycles. The first-order chi connectivity index (χ1) is 13.1. The van der Waals surface area contributed by atoms with Crippen LogP contribution in [0.1, 0.15) is 5.56 Å². The minimum Gasteiger partial charge on any atom is -0.507 e. The standard InChI is InChI=1S/C18H11ClF3NO4S/c19-9-2-4-13(24)11(6-9)15-10-5-8(18(20,21)22)1-3-12(10)23-17(27)16(15)28-7-14(25)26/h1-6,24H,7H2,(H,23,27)(H,25,26). The number of rotatable bonds is 4. The summed E-state index contributed by atoms with van der Waals surface area (Å²) in [6.45, 7) is 0. The number of aromatic nitrogens is 1. The zero-order valence-electron chi connectivity index (χ0n) is 13.8. The molecule has 5 nitrogen and oxygen atoms in total. The smallest absolute Gasteiger partial charge is 0.416 e. The Balaban J connectivity index is 2.43. The fourth-order valence-corrected chi connectivity index (χ4v) is 3.69. The summed E-state index contributed by atoms with van der Waals surface area (Å²) in [7, 11) is 0. The number of H-pyrrole nitrogens is 1. The number of alkyl halides is 3. The number of halogens is 4. The third kappa shape index (κ3) is 3.95. The average Bonchev–Trinajstić information content (AvgIpc) is 2.60. The number of hydrogen-bond donors (Lipinski definition) is 3. The maximum atomic E-state index is 13.2. The van der Waals surface area contributed by atoms with Crippen LogP contribution >= 0.6 is 23.4 Å². The Morgan fingerprint density at radius 1 is 1.18 bits per heavy atom. The topological polar surface area (TPSA) is 90.4 Å². The second-order valence-corrected chi connectivity index (χ2v) is 7.18. The van der Waals surface area contributed by atoms with Gasteiger partial charge in [0.05, 0.1) is 16.2 Å². The Hall–Kier alpha value is -2.65. The second-order valence-electron chi connectivity index (χ2n) is 5.76. The summed E-state index contributed by atoms with van der Waals surface area (Å²) in [5.41, 5.74) is -1.53. The second kappa shape index (κ2) is 7.40. The molecular weight excluding hydrogens is 419 g/mol. The summed E-state index contributed by atoms with van der Waals surface area (Å²) in [6.07, 6.45) is -4.63. The molecule has 0 fully saturated rings. The van der Waals surface area contributed by atoms with Gasteiger partial charge in [0, 0.05) is 27.1 Å². The van der Waals surface area contributed by atoms with Crippen molar-refractivity contribution in [2.45, 2.75) is 11.1 Å². The third-order valence-corrected chi connectivity index (χ3v) is 5.17. The zero-order chi connectivity index (χ0) is 20.6. The van der Waals surface area contributed by atoms with E-state index < -0.39 is 29.0 Å². The lowest BCUT2D eigenvalue weighted by Gasteiger charge is -2.15. The number of carboxylic acids is 1. The van der Waals surface area contributed by atoms with Crippen molar-refractivity contribution in [3.63, 3.8) is 0 Å². The van der Waals surface area contributed by atoms with Crippen LogP contribution in [0, 0.1) is 0 Å². The molecule has 0 aliphatic carbocycles. The number of nitrogens with one attached hydrogen (secondary N) is 1. The Morgan fingerprint density at radius 3 is 2.54 bits per heavy atom. The van der Waals surface area contributed by atoms with E-state index in [1.807, 2.05) is 0 Å². The fourth-order valence-electron chi connectivity index (χ4n) is 2.70. The highest BCUT2D eigenvalue weighted by atomic mass is 35.5. The highest BCUT2D eigenvalue weighted by Gasteiger charge is 2.31. The molecule has 3 rings (SSSR count). The van der Waals surface area contributed by atoms with E-state index in [2.05, 4.69) is 4.98 Å². The number of fused-ring (bicyclic) bond motifs is 1. The van der Waals surface area contributed by atoms with Gasteiger partial charge in [-0.05, 0) is 36.4 Å². The predicted octanol–water partition coefficient (Wildman–Crippen LogP) is 4.75. The molecule has 1 aromatic heterocycles. The molecule has 0 saturated heterocycles. The van der Waals surface area contributed by atoms with Crippen LogP contribution in [0.2, 0.25) is 5.02 Å². The first kappa shape index (κ1) is 20.1. The van der Waals surface area contributed by atoms with E-state index in [-0.39, 0.29) is 37.7 Å². The van der Waals surface area contributed by atoms with Crippen LogP contribution in [-0.4, -0.2) is 26.9 Å². The molecule has 0 amide bonds. The van der Waals surface area contributed by atoms with Crippen molar-refractivity contribution in [2.24, 2.45) is 0 Å². The van der Waals surface area contributed by atoms with Crippen molar-refractivity contribution in [2.75, 3.05) is 5.75 Å². The molecular formula is C18H11ClF3NO4S. The van der Waals surface area contributed by atoms with Crippen LogP contribution < -0.4 is 5.56 Å². The van der Waals surface area contributed by atoms with Crippen molar-refractivity contribution in [3.8, 4) is 16.9 Å². The first-order valence-corrected chi connectivity index (χ1v) is 9.05. The molecule has 0 bridgehead atoms. The van der Waals surface area contributed by atoms with Gasteiger partial charge in [-0.15, -0.1) is 11.8 Å². The van der Waals surface area contributed by atoms with E-state index in [4.69, 9.17) is 16.7 Å². The van der Waals surface area contributed by atoms with Crippen LogP contribution in [0.25, 0.3) is 22.0 Å². The van der Waals surface area contributed by atoms with Gasteiger partial charge >= 0.3 is 12.1 Å². The summed E-state index contributed by atoms with van der Waals surface area (Å²) in [4.78, 5) is 25.8. The van der Waals surface area contributed by atoms with Crippen molar-refractivity contribution < 1.29 is 28.2 Å². The fraction of sp³-hybridized carbons (Fsp3) is 0.111. The Labute approximate surface area is 164 Å². The maximum absolute atomic E-state index is 13.2. The molecule has 0 aliphatic rings. The van der Waals surface area contributed by atoms with Crippen LogP contribution in [0.5, 0.6) is 5.75 Å². The van der Waals surface area contributed by atoms with Crippen LogP contribution in [0.4, 0.5) is 13.2 Å². The zero-order valence-corrected chi connectivity index (χ0v) is 15.4. The van der Waals surface area contributed by atoms with E-state index in [0.717, 1.165) is 18.2 Å². The van der Waals surface area contributed by atoms with Gasteiger partial charge in [-0.25, -0.2) is 0 Å². The molecule has 28 heavy (non-hydrogen) atoms. The largest absolute Gasteiger partial charge is 0.507 e. The third-order valence-electron chi connectivity index (χ3n) is 3.87. The number of carboxylic acid groups (broad SMARTS) is 1. The summed E-state index contributed by atoms with van der Waals surface area (Å²) in [5.74, 6) is -2.03. The van der Waals surface area contributed by atoms with Crippen molar-refractivity contribution in [1.29, 1.82) is 0 Å². The molecule has 0 saturated carbocycles. The number of pyridine rings is 1. The summed E-state index contributed by atoms with van der Waals surface area (Å²) in [6, 6.07) is 6.69. The van der Waals surface area contributed by atoms with Gasteiger partial charge < -0.3 is 15.2 Å². The quantitative estimate of drug-likeness (QED) is 0.521. The number of thioether (sulfide) groups is 1. The lowest BCUT2D eigenvalue weighted by Crippen LogP contribution is -2.13. The summed E-state index contributed by atoms with van der Waals surface area (Å²) < 4.78 is 39.6. The minimum absolute atomic E-state index is 0.000111. The van der Waals surface area contributed by atoms with E-state index in [1.165, 1.54) is 18.2 Å². The van der Waals surface area contributed by atoms with Gasteiger partial charge in [-0.1, -0.05) is 11.6 Å². The summed E-state index contributed by atoms with van der Waals surface area (Å²) in [5, 5.41) is 19.4. The van der Waals surface area contributed by atoms with Gasteiger partial charge in [0.2, 0.25) is 0 Å². The monoisotopic (exact) mass is 429 g/mol. The van der Waals surface area contributed by atoms with Gasteiger partial charge in [-0.3, -0.25) is 9.59 Å². The van der Waals surface area contributed by atoms with Gasteiger partial charge in [0.25, 0.3) is 5.56 Å². The van der Waals surface area contributed by atoms with Crippen LogP contribution in [-0.2, 0) is 11.0 Å². The molecule has 0 aliphatic heterocycles. The Kier molecular flexibility index (Phi) is 5.31. The first-order valence-electron chi connectivity index (χ1n) is 7.68. The molecule has 3 N–H and O–H groups in total. The van der Waals surface area contributed by atoms with Crippen LogP contribution in [0.3, 0.4) is 0 Å². The normalized spacial score (nSPS) is 11.7. The SMILES string of the molecule is O=C(O)CSc1c(-c2cc(Cl)ccc2O)c2cc(C(F)(F)F)ccc2[nH]c1=O. The molecule has 10 heteroatoms. The number of phenolic OH excluding ortho intramolecular Hbond substituents is 1. The number of phenols is 1. The lowest BCUT2D eigenvalue weighted by molar-refractivity contribution is -0.137. The maximum Gasteiger partial charge on any atom is 0.416 e. The number of benzene rings is 2. The number of aliphatic carboxylic acids is 1. The molecule has 0 radical (unpaired) electrons. The van der Waals surface area contributed by atoms with E-state index in [1.54, 1.807) is 0 Å². The molecule has 3 aromatic rings. The minimum atomic E-state index is -4.63. The van der Waals surface area contributed by atoms with Crippen molar-refractivity contribution in [3.05, 3.63) is 57.3 Å². The highest BCUT2D eigenvalue weighted by molar-refractivity contribution is 8.00. The molecule has 0 atom stereocenters. The predicted molar refractivity (Wildman–Crippen MR) is 100 cm³/mol. The van der Waals surface area contributed by atoms with Crippen molar-refractivity contribution >= 4 is 40.2 Å². The van der Waals surface area contributed by atoms with Gasteiger partial charge in [0.1, 0.15) is 5.75 Å². The number of aromatic hydroxyl groups is 1. The van der Waals surface area contributed by atoms with Crippen LogP contribution in [0.15, 0.2) is 46.1 Å². The van der Waals surface area contributed by atoms with Crippen molar-refractivity contribution in [1.82, 2.24) is 4.98 Å². The van der Waals surface area contributed by atoms with E-state index in [9.17, 15) is 27.9 Å². The number of hydrogen-bond acceptors (Lipinski definition) is 4. The van der Waals surface area contributed by atoms with E-state index >= 15 is 0 Å². The Bertz CT molecular complexity index is 1140. The van der Waals surface area contributed by atoms with Gasteiger partial charge in [0.15, 0.2) is 0 Å². The molecule has 1 heterocycles. The summed E-state index contributed by atoms with van der Waals surface area (Å²) >= 11 is 6.60. The Morgan fingerprint density at radius 2 is 1.89 bits per heavy atom.